The van der Waals surface area contributed by atoms with Gasteiger partial charge in [-0.2, -0.15) is 5.10 Å². The summed E-state index contributed by atoms with van der Waals surface area (Å²) in [5.74, 6) is 0.388. The van der Waals surface area contributed by atoms with Crippen LogP contribution in [0.5, 0.6) is 0 Å². The molecule has 1 aromatic carbocycles. The van der Waals surface area contributed by atoms with E-state index in [-0.39, 0.29) is 11.8 Å². The molecule has 2 amide bonds. The molecule has 6 nitrogen and oxygen atoms in total. The van der Waals surface area contributed by atoms with Crippen molar-refractivity contribution in [1.82, 2.24) is 14.7 Å². The van der Waals surface area contributed by atoms with Crippen LogP contribution >= 0.6 is 27.3 Å². The number of rotatable bonds is 5. The highest BCUT2D eigenvalue weighted by Gasteiger charge is 2.35. The van der Waals surface area contributed by atoms with Gasteiger partial charge in [0.1, 0.15) is 11.9 Å². The van der Waals surface area contributed by atoms with E-state index in [1.807, 2.05) is 35.7 Å². The lowest BCUT2D eigenvalue weighted by Crippen LogP contribution is -2.43. The van der Waals surface area contributed by atoms with Crippen LogP contribution < -0.4 is 5.32 Å². The molecule has 0 saturated carbocycles. The number of amides is 2. The standard InChI is InChI=1S/C20H19BrN4O2S/c21-15-7-5-14(6-8-15)13-25-18(9-10-22-25)23-19(26)16-3-1-11-24(16)20(27)17-4-2-12-28-17/h2,4-10,12,16H,1,3,11,13H2,(H,23,26)/t16-/m0/s1. The molecule has 28 heavy (non-hydrogen) atoms. The molecule has 0 aliphatic carbocycles. The predicted molar refractivity (Wildman–Crippen MR) is 112 cm³/mol. The summed E-state index contributed by atoms with van der Waals surface area (Å²) in [6.07, 6.45) is 3.16. The molecule has 1 fully saturated rings. The Bertz CT molecular complexity index is 969. The zero-order valence-corrected chi connectivity index (χ0v) is 17.4. The second-order valence-electron chi connectivity index (χ2n) is 6.62. The molecule has 1 saturated heterocycles. The smallest absolute Gasteiger partial charge is 0.264 e. The minimum absolute atomic E-state index is 0.0731. The first kappa shape index (κ1) is 18.9. The Kier molecular flexibility index (Phi) is 5.59. The highest BCUT2D eigenvalue weighted by atomic mass is 79.9. The minimum Gasteiger partial charge on any atom is -0.326 e. The Morgan fingerprint density at radius 1 is 1.21 bits per heavy atom. The number of halogens is 1. The van der Waals surface area contributed by atoms with E-state index in [2.05, 4.69) is 26.3 Å². The van der Waals surface area contributed by atoms with E-state index in [1.54, 1.807) is 27.9 Å². The lowest BCUT2D eigenvalue weighted by molar-refractivity contribution is -0.119. The average Bonchev–Trinajstić information content (AvgIpc) is 3.45. The van der Waals surface area contributed by atoms with Gasteiger partial charge in [-0.3, -0.25) is 9.59 Å². The maximum absolute atomic E-state index is 12.9. The topological polar surface area (TPSA) is 67.2 Å². The molecule has 0 unspecified atom stereocenters. The summed E-state index contributed by atoms with van der Waals surface area (Å²) in [6, 6.07) is 12.9. The van der Waals surface area contributed by atoms with E-state index in [1.165, 1.54) is 11.3 Å². The Morgan fingerprint density at radius 3 is 2.79 bits per heavy atom. The third-order valence-electron chi connectivity index (χ3n) is 4.76. The van der Waals surface area contributed by atoms with Crippen LogP contribution in [-0.4, -0.2) is 39.1 Å². The lowest BCUT2D eigenvalue weighted by atomic mass is 10.2. The van der Waals surface area contributed by atoms with Crippen molar-refractivity contribution >= 4 is 44.9 Å². The first-order chi connectivity index (χ1) is 13.6. The summed E-state index contributed by atoms with van der Waals surface area (Å²) < 4.78 is 2.77. The van der Waals surface area contributed by atoms with Crippen LogP contribution in [0.2, 0.25) is 0 Å². The summed E-state index contributed by atoms with van der Waals surface area (Å²) in [6.45, 7) is 1.16. The number of carbonyl (C=O) groups is 2. The van der Waals surface area contributed by atoms with Crippen LogP contribution in [0.3, 0.4) is 0 Å². The van der Waals surface area contributed by atoms with Crippen LogP contribution in [0.1, 0.15) is 28.1 Å². The van der Waals surface area contributed by atoms with Crippen molar-refractivity contribution in [3.05, 3.63) is 69.0 Å². The normalized spacial score (nSPS) is 16.3. The molecule has 8 heteroatoms. The molecule has 0 bridgehead atoms. The third-order valence-corrected chi connectivity index (χ3v) is 6.15. The molecule has 1 aliphatic rings. The van der Waals surface area contributed by atoms with Crippen molar-refractivity contribution in [3.63, 3.8) is 0 Å². The van der Waals surface area contributed by atoms with Gasteiger partial charge in [0.25, 0.3) is 5.91 Å². The SMILES string of the molecule is O=C(Nc1ccnn1Cc1ccc(Br)cc1)[C@@H]1CCCN1C(=O)c1cccs1. The molecular formula is C20H19BrN4O2S. The fourth-order valence-electron chi connectivity index (χ4n) is 3.36. The first-order valence-corrected chi connectivity index (χ1v) is 10.7. The summed E-state index contributed by atoms with van der Waals surface area (Å²) in [5, 5.41) is 9.15. The third kappa shape index (κ3) is 4.02. The summed E-state index contributed by atoms with van der Waals surface area (Å²) in [4.78, 5) is 27.9. The van der Waals surface area contributed by atoms with E-state index in [4.69, 9.17) is 0 Å². The van der Waals surface area contributed by atoms with Gasteiger partial charge in [-0.15, -0.1) is 11.3 Å². The van der Waals surface area contributed by atoms with Gasteiger partial charge < -0.3 is 10.2 Å². The Balaban J connectivity index is 1.46. The van der Waals surface area contributed by atoms with Crippen molar-refractivity contribution in [3.8, 4) is 0 Å². The van der Waals surface area contributed by atoms with E-state index >= 15 is 0 Å². The number of likely N-dealkylation sites (tertiary alicyclic amines) is 1. The molecule has 144 valence electrons. The highest BCUT2D eigenvalue weighted by Crippen LogP contribution is 2.23. The Labute approximate surface area is 175 Å². The van der Waals surface area contributed by atoms with Crippen LogP contribution in [0.15, 0.2) is 58.5 Å². The van der Waals surface area contributed by atoms with Crippen LogP contribution in [0.4, 0.5) is 5.82 Å². The van der Waals surface area contributed by atoms with Gasteiger partial charge in [0.15, 0.2) is 0 Å². The van der Waals surface area contributed by atoms with Crippen LogP contribution in [0, 0.1) is 0 Å². The van der Waals surface area contributed by atoms with Crippen molar-refractivity contribution in [1.29, 1.82) is 0 Å². The number of hydrogen-bond donors (Lipinski definition) is 1. The lowest BCUT2D eigenvalue weighted by Gasteiger charge is -2.23. The first-order valence-electron chi connectivity index (χ1n) is 9.03. The summed E-state index contributed by atoms with van der Waals surface area (Å²) in [5.41, 5.74) is 1.08. The number of benzene rings is 1. The van der Waals surface area contributed by atoms with E-state index in [0.29, 0.717) is 30.2 Å². The second kappa shape index (κ2) is 8.28. The Hall–Kier alpha value is -2.45. The average molecular weight is 459 g/mol. The molecule has 4 rings (SSSR count). The molecule has 2 aromatic heterocycles. The summed E-state index contributed by atoms with van der Waals surface area (Å²) in [7, 11) is 0. The molecule has 0 radical (unpaired) electrons. The van der Waals surface area contributed by atoms with Gasteiger partial charge >= 0.3 is 0 Å². The minimum atomic E-state index is -0.453. The van der Waals surface area contributed by atoms with E-state index in [0.717, 1.165) is 16.5 Å². The van der Waals surface area contributed by atoms with Gasteiger partial charge in [0.2, 0.25) is 5.91 Å². The highest BCUT2D eigenvalue weighted by molar-refractivity contribution is 9.10. The maximum Gasteiger partial charge on any atom is 0.264 e. The summed E-state index contributed by atoms with van der Waals surface area (Å²) >= 11 is 4.83. The predicted octanol–water partition coefficient (Wildman–Crippen LogP) is 4.00. The number of thiophene rings is 1. The number of nitrogens with zero attached hydrogens (tertiary/aromatic N) is 3. The monoisotopic (exact) mass is 458 g/mol. The molecular weight excluding hydrogens is 440 g/mol. The number of aromatic nitrogens is 2. The van der Waals surface area contributed by atoms with Crippen molar-refractivity contribution < 1.29 is 9.59 Å². The molecule has 3 heterocycles. The van der Waals surface area contributed by atoms with Crippen LogP contribution in [0.25, 0.3) is 0 Å². The fraction of sp³-hybridized carbons (Fsp3) is 0.250. The van der Waals surface area contributed by atoms with Gasteiger partial charge in [-0.25, -0.2) is 4.68 Å². The fourth-order valence-corrected chi connectivity index (χ4v) is 4.30. The molecule has 3 aromatic rings. The van der Waals surface area contributed by atoms with Crippen molar-refractivity contribution in [2.45, 2.75) is 25.4 Å². The number of carbonyl (C=O) groups excluding carboxylic acids is 2. The van der Waals surface area contributed by atoms with Crippen molar-refractivity contribution in [2.24, 2.45) is 0 Å². The molecule has 1 aliphatic heterocycles. The van der Waals surface area contributed by atoms with Gasteiger partial charge in [-0.05, 0) is 42.0 Å². The maximum atomic E-state index is 12.9. The molecule has 1 atom stereocenters. The zero-order valence-electron chi connectivity index (χ0n) is 15.0. The van der Waals surface area contributed by atoms with Gasteiger partial charge in [0, 0.05) is 17.1 Å². The number of nitrogens with one attached hydrogen (secondary N) is 1. The number of anilines is 1. The zero-order chi connectivity index (χ0) is 19.5. The van der Waals surface area contributed by atoms with E-state index in [9.17, 15) is 9.59 Å². The van der Waals surface area contributed by atoms with Crippen LogP contribution in [-0.2, 0) is 11.3 Å². The number of hydrogen-bond acceptors (Lipinski definition) is 4. The Morgan fingerprint density at radius 2 is 2.04 bits per heavy atom. The van der Waals surface area contributed by atoms with E-state index < -0.39 is 6.04 Å². The second-order valence-corrected chi connectivity index (χ2v) is 8.49. The van der Waals surface area contributed by atoms with Gasteiger partial charge in [-0.1, -0.05) is 34.1 Å². The van der Waals surface area contributed by atoms with Gasteiger partial charge in [0.05, 0.1) is 17.6 Å². The molecule has 1 N–H and O–H groups in total. The van der Waals surface area contributed by atoms with Crippen molar-refractivity contribution in [2.75, 3.05) is 11.9 Å². The quantitative estimate of drug-likeness (QED) is 0.628. The molecule has 0 spiro atoms. The largest absolute Gasteiger partial charge is 0.326 e.